The number of anilines is 1. The molecule has 2 fully saturated rings. The number of hydrogen-bond acceptors (Lipinski definition) is 3. The summed E-state index contributed by atoms with van der Waals surface area (Å²) in [5.41, 5.74) is 3.15. The van der Waals surface area contributed by atoms with E-state index in [4.69, 9.17) is 16.3 Å². The molecule has 0 aromatic heterocycles. The second-order valence-corrected chi connectivity index (χ2v) is 10.1. The fraction of sp³-hybridized carbons (Fsp3) is 0.481. The lowest BCUT2D eigenvalue weighted by Gasteiger charge is -2.43. The van der Waals surface area contributed by atoms with Crippen LogP contribution in [0.4, 0.5) is 5.69 Å². The third-order valence-corrected chi connectivity index (χ3v) is 7.61. The molecule has 4 rings (SSSR count). The molecule has 1 amide bonds. The van der Waals surface area contributed by atoms with Crippen molar-refractivity contribution in [3.05, 3.63) is 64.2 Å². The molecule has 1 heterocycles. The molecule has 33 heavy (non-hydrogen) atoms. The molecule has 1 aliphatic carbocycles. The van der Waals surface area contributed by atoms with Gasteiger partial charge in [0.05, 0.1) is 13.1 Å². The van der Waals surface area contributed by atoms with Gasteiger partial charge in [-0.2, -0.15) is 0 Å². The van der Waals surface area contributed by atoms with E-state index in [2.05, 4.69) is 5.32 Å². The fourth-order valence-electron chi connectivity index (χ4n) is 5.44. The summed E-state index contributed by atoms with van der Waals surface area (Å²) in [5.74, 6) is -0.201. The van der Waals surface area contributed by atoms with Crippen LogP contribution in [0, 0.1) is 13.8 Å². The second-order valence-electron chi connectivity index (χ2n) is 9.71. The molecule has 1 saturated carbocycles. The first-order valence-corrected chi connectivity index (χ1v) is 12.4. The lowest BCUT2D eigenvalue weighted by Crippen LogP contribution is -2.64. The minimum absolute atomic E-state index is 0.0220. The van der Waals surface area contributed by atoms with E-state index in [1.807, 2.05) is 56.3 Å². The molecule has 2 aliphatic rings. The minimum Gasteiger partial charge on any atom is -0.457 e. The molecular formula is C27H34ClN2O3+. The SMILES string of the molecule is Cc1cc(Cl)cc(C)c1NC(=O)C1([N+]2(CC(=O)OCc3ccccc3)CCCCCC2)CC1. The quantitative estimate of drug-likeness (QED) is 0.426. The van der Waals surface area contributed by atoms with E-state index < -0.39 is 5.54 Å². The Hall–Kier alpha value is -2.37. The van der Waals surface area contributed by atoms with Crippen molar-refractivity contribution in [3.63, 3.8) is 0 Å². The Bertz CT molecular complexity index is 986. The maximum atomic E-state index is 13.8. The van der Waals surface area contributed by atoms with Gasteiger partial charge < -0.3 is 14.5 Å². The lowest BCUT2D eigenvalue weighted by atomic mass is 10.0. The van der Waals surface area contributed by atoms with Crippen LogP contribution in [-0.4, -0.2) is 41.5 Å². The summed E-state index contributed by atoms with van der Waals surface area (Å²) in [5, 5.41) is 3.88. The molecule has 1 aliphatic heterocycles. The number of aryl methyl sites for hydroxylation is 2. The van der Waals surface area contributed by atoms with Crippen LogP contribution < -0.4 is 5.32 Å². The number of esters is 1. The van der Waals surface area contributed by atoms with Crippen molar-refractivity contribution in [2.24, 2.45) is 0 Å². The first-order chi connectivity index (χ1) is 15.9. The molecule has 0 bridgehead atoms. The van der Waals surface area contributed by atoms with Gasteiger partial charge in [-0.1, -0.05) is 41.9 Å². The highest BCUT2D eigenvalue weighted by Crippen LogP contribution is 2.49. The number of nitrogens with zero attached hydrogens (tertiary/aromatic N) is 1. The first-order valence-electron chi connectivity index (χ1n) is 12.0. The molecule has 0 unspecified atom stereocenters. The molecular weight excluding hydrogens is 436 g/mol. The number of carbonyl (C=O) groups excluding carboxylic acids is 2. The van der Waals surface area contributed by atoms with Crippen molar-refractivity contribution < 1.29 is 18.8 Å². The maximum Gasteiger partial charge on any atom is 0.362 e. The predicted octanol–water partition coefficient (Wildman–Crippen LogP) is 5.56. The average Bonchev–Trinajstić information content (AvgIpc) is 3.61. The van der Waals surface area contributed by atoms with E-state index in [1.54, 1.807) is 0 Å². The molecule has 1 N–H and O–H groups in total. The number of rotatable bonds is 7. The van der Waals surface area contributed by atoms with E-state index in [-0.39, 0.29) is 25.0 Å². The topological polar surface area (TPSA) is 55.4 Å². The maximum absolute atomic E-state index is 13.8. The van der Waals surface area contributed by atoms with Crippen molar-refractivity contribution in [2.45, 2.75) is 64.5 Å². The van der Waals surface area contributed by atoms with Crippen LogP contribution in [0.3, 0.4) is 0 Å². The zero-order chi connectivity index (χ0) is 23.5. The Morgan fingerprint density at radius 2 is 1.61 bits per heavy atom. The van der Waals surface area contributed by atoms with Crippen molar-refractivity contribution in [1.82, 2.24) is 0 Å². The molecule has 1 saturated heterocycles. The summed E-state index contributed by atoms with van der Waals surface area (Å²) in [6, 6.07) is 13.5. The van der Waals surface area contributed by atoms with Gasteiger partial charge in [0, 0.05) is 23.6 Å². The number of nitrogens with one attached hydrogen (secondary N) is 1. The van der Waals surface area contributed by atoms with Crippen LogP contribution in [-0.2, 0) is 20.9 Å². The van der Waals surface area contributed by atoms with Gasteiger partial charge in [0.1, 0.15) is 6.61 Å². The van der Waals surface area contributed by atoms with Crippen LogP contribution in [0.1, 0.15) is 55.2 Å². The number of quaternary nitrogens is 1. The average molecular weight is 470 g/mol. The third kappa shape index (κ3) is 5.10. The number of halogens is 1. The highest BCUT2D eigenvalue weighted by molar-refractivity contribution is 6.30. The van der Waals surface area contributed by atoms with E-state index in [0.717, 1.165) is 74.0 Å². The monoisotopic (exact) mass is 469 g/mol. The molecule has 5 nitrogen and oxygen atoms in total. The summed E-state index contributed by atoms with van der Waals surface area (Å²) in [7, 11) is 0. The van der Waals surface area contributed by atoms with Crippen molar-refractivity contribution >= 4 is 29.2 Å². The van der Waals surface area contributed by atoms with Gasteiger partial charge >= 0.3 is 5.97 Å². The van der Waals surface area contributed by atoms with Crippen molar-refractivity contribution in [3.8, 4) is 0 Å². The normalized spacial score (nSPS) is 18.8. The number of benzene rings is 2. The van der Waals surface area contributed by atoms with Crippen LogP contribution in [0.25, 0.3) is 0 Å². The molecule has 0 atom stereocenters. The van der Waals surface area contributed by atoms with E-state index in [0.29, 0.717) is 9.51 Å². The van der Waals surface area contributed by atoms with Gasteiger partial charge in [-0.15, -0.1) is 0 Å². The highest BCUT2D eigenvalue weighted by Gasteiger charge is 2.66. The van der Waals surface area contributed by atoms with Crippen LogP contribution in [0.5, 0.6) is 0 Å². The molecule has 176 valence electrons. The summed E-state index contributed by atoms with van der Waals surface area (Å²) >= 11 is 6.19. The summed E-state index contributed by atoms with van der Waals surface area (Å²) < 4.78 is 6.18. The predicted molar refractivity (Wildman–Crippen MR) is 131 cm³/mol. The minimum atomic E-state index is -0.561. The highest BCUT2D eigenvalue weighted by atomic mass is 35.5. The summed E-state index contributed by atoms with van der Waals surface area (Å²) in [6.45, 7) is 6.12. The first kappa shape index (κ1) is 23.8. The Morgan fingerprint density at radius 3 is 2.18 bits per heavy atom. The second kappa shape index (κ2) is 9.86. The molecule has 6 heteroatoms. The van der Waals surface area contributed by atoms with Gasteiger partial charge in [-0.05, 0) is 68.4 Å². The molecule has 2 aromatic rings. The fourth-order valence-corrected chi connectivity index (χ4v) is 5.76. The van der Waals surface area contributed by atoms with Gasteiger partial charge in [-0.25, -0.2) is 4.79 Å². The van der Waals surface area contributed by atoms with Gasteiger partial charge in [0.2, 0.25) is 0 Å². The zero-order valence-corrected chi connectivity index (χ0v) is 20.4. The van der Waals surface area contributed by atoms with Crippen LogP contribution in [0.2, 0.25) is 5.02 Å². The van der Waals surface area contributed by atoms with E-state index in [9.17, 15) is 9.59 Å². The smallest absolute Gasteiger partial charge is 0.362 e. The number of likely N-dealkylation sites (tertiary alicyclic amines) is 1. The van der Waals surface area contributed by atoms with Gasteiger partial charge in [0.25, 0.3) is 5.91 Å². The Balaban J connectivity index is 1.54. The van der Waals surface area contributed by atoms with Crippen molar-refractivity contribution in [2.75, 3.05) is 25.0 Å². The lowest BCUT2D eigenvalue weighted by molar-refractivity contribution is -0.945. The standard InChI is InChI=1S/C27H33ClN2O3/c1-20-16-23(28)17-21(2)25(20)29-26(32)27(12-13-27)30(14-8-3-4-9-15-30)18-24(31)33-19-22-10-6-5-7-11-22/h5-7,10-11,16-17H,3-4,8-9,12-15,18-19H2,1-2H3/p+1. The third-order valence-electron chi connectivity index (χ3n) is 7.39. The molecule has 0 radical (unpaired) electrons. The molecule has 2 aromatic carbocycles. The number of hydrogen-bond donors (Lipinski definition) is 1. The van der Waals surface area contributed by atoms with Crippen LogP contribution >= 0.6 is 11.6 Å². The number of amides is 1. The Morgan fingerprint density at radius 1 is 1.00 bits per heavy atom. The van der Waals surface area contributed by atoms with E-state index in [1.165, 1.54) is 0 Å². The Labute approximate surface area is 201 Å². The van der Waals surface area contributed by atoms with Crippen LogP contribution in [0.15, 0.2) is 42.5 Å². The largest absolute Gasteiger partial charge is 0.457 e. The number of carbonyl (C=O) groups is 2. The van der Waals surface area contributed by atoms with Crippen molar-refractivity contribution in [1.29, 1.82) is 0 Å². The van der Waals surface area contributed by atoms with E-state index >= 15 is 0 Å². The van der Waals surface area contributed by atoms with Gasteiger partial charge in [-0.3, -0.25) is 4.79 Å². The summed E-state index contributed by atoms with van der Waals surface area (Å²) in [4.78, 5) is 26.8. The van der Waals surface area contributed by atoms with Gasteiger partial charge in [0.15, 0.2) is 12.1 Å². The Kier molecular flexibility index (Phi) is 7.10. The zero-order valence-electron chi connectivity index (χ0n) is 19.7. The molecule has 0 spiro atoms. The summed E-state index contributed by atoms with van der Waals surface area (Å²) in [6.07, 6.45) is 5.95. The number of ether oxygens (including phenoxy) is 1.